The lowest BCUT2D eigenvalue weighted by molar-refractivity contribution is -0.432. The van der Waals surface area contributed by atoms with Gasteiger partial charge in [0.2, 0.25) is 0 Å². The zero-order chi connectivity index (χ0) is 9.52. The normalized spacial score (nSPS) is 10.0. The number of rotatable bonds is 5. The van der Waals surface area contributed by atoms with E-state index in [4.69, 9.17) is 9.99 Å². The van der Waals surface area contributed by atoms with E-state index in [0.29, 0.717) is 0 Å². The standard InChI is InChI=1S/C8H10O4S/c1-7-2-4-8(5-3-7)10-6-13-12-11-9/h2-5,9H,6H2,1H3. The van der Waals surface area contributed by atoms with Crippen LogP contribution in [0.3, 0.4) is 0 Å². The summed E-state index contributed by atoms with van der Waals surface area (Å²) in [7, 11) is 0. The zero-order valence-corrected chi connectivity index (χ0v) is 7.91. The molecule has 0 aromatic heterocycles. The van der Waals surface area contributed by atoms with E-state index in [2.05, 4.69) is 9.37 Å². The molecule has 5 heteroatoms. The topological polar surface area (TPSA) is 47.9 Å². The minimum absolute atomic E-state index is 0.254. The lowest BCUT2D eigenvalue weighted by Crippen LogP contribution is -1.93. The quantitative estimate of drug-likeness (QED) is 0.261. The number of aryl methyl sites for hydroxylation is 1. The van der Waals surface area contributed by atoms with E-state index in [1.807, 2.05) is 31.2 Å². The van der Waals surface area contributed by atoms with Crippen LogP contribution in [0, 0.1) is 6.92 Å². The van der Waals surface area contributed by atoms with E-state index in [-0.39, 0.29) is 5.94 Å². The molecule has 0 amide bonds. The maximum absolute atomic E-state index is 7.80. The van der Waals surface area contributed by atoms with Gasteiger partial charge in [0.05, 0.1) is 12.0 Å². The first kappa shape index (κ1) is 10.3. The van der Waals surface area contributed by atoms with Crippen LogP contribution in [0.25, 0.3) is 0 Å². The van der Waals surface area contributed by atoms with Crippen LogP contribution in [-0.4, -0.2) is 11.2 Å². The maximum Gasteiger partial charge on any atom is 0.162 e. The highest BCUT2D eigenvalue weighted by atomic mass is 32.2. The Morgan fingerprint density at radius 2 is 2.00 bits per heavy atom. The molecule has 1 aromatic carbocycles. The Hall–Kier alpha value is -0.750. The molecule has 1 N–H and O–H groups in total. The first-order valence-corrected chi connectivity index (χ1v) is 4.53. The summed E-state index contributed by atoms with van der Waals surface area (Å²) < 4.78 is 9.34. The number of hydrogen-bond acceptors (Lipinski definition) is 5. The van der Waals surface area contributed by atoms with E-state index in [1.54, 1.807) is 0 Å². The fourth-order valence-electron chi connectivity index (χ4n) is 0.768. The van der Waals surface area contributed by atoms with E-state index >= 15 is 0 Å². The molecular weight excluding hydrogens is 192 g/mol. The Kier molecular flexibility index (Phi) is 4.63. The minimum atomic E-state index is 0.254. The Morgan fingerprint density at radius 3 is 2.62 bits per heavy atom. The first-order chi connectivity index (χ1) is 6.33. The Bertz CT molecular complexity index is 236. The third kappa shape index (κ3) is 4.14. The lowest BCUT2D eigenvalue weighted by atomic mass is 10.2. The SMILES string of the molecule is Cc1ccc(OCSOOO)cc1. The molecule has 0 saturated carbocycles. The largest absolute Gasteiger partial charge is 0.481 e. The number of hydrogen-bond donors (Lipinski definition) is 1. The second-order valence-electron chi connectivity index (χ2n) is 2.34. The van der Waals surface area contributed by atoms with Crippen molar-refractivity contribution in [1.29, 1.82) is 0 Å². The monoisotopic (exact) mass is 202 g/mol. The van der Waals surface area contributed by atoms with E-state index in [9.17, 15) is 0 Å². The van der Waals surface area contributed by atoms with E-state index < -0.39 is 0 Å². The van der Waals surface area contributed by atoms with Gasteiger partial charge in [0.15, 0.2) is 5.94 Å². The molecule has 0 radical (unpaired) electrons. The Labute approximate surface area is 80.5 Å². The van der Waals surface area contributed by atoms with Crippen molar-refractivity contribution in [2.24, 2.45) is 0 Å². The molecule has 0 aliphatic carbocycles. The van der Waals surface area contributed by atoms with Crippen molar-refractivity contribution in [3.8, 4) is 5.75 Å². The molecule has 1 rings (SSSR count). The highest BCUT2D eigenvalue weighted by molar-refractivity contribution is 7.94. The van der Waals surface area contributed by atoms with Gasteiger partial charge >= 0.3 is 0 Å². The van der Waals surface area contributed by atoms with Crippen molar-refractivity contribution >= 4 is 12.0 Å². The molecule has 0 aliphatic rings. The van der Waals surface area contributed by atoms with Gasteiger partial charge in [0.25, 0.3) is 0 Å². The fourth-order valence-corrected chi connectivity index (χ4v) is 1.03. The number of benzene rings is 1. The van der Waals surface area contributed by atoms with Crippen LogP contribution in [0.1, 0.15) is 5.56 Å². The molecule has 0 spiro atoms. The predicted octanol–water partition coefficient (Wildman–Crippen LogP) is 2.40. The third-order valence-corrected chi connectivity index (χ3v) is 1.74. The molecule has 4 nitrogen and oxygen atoms in total. The fraction of sp³-hybridized carbons (Fsp3) is 0.250. The van der Waals surface area contributed by atoms with Crippen LogP contribution in [0.2, 0.25) is 0 Å². The lowest BCUT2D eigenvalue weighted by Gasteiger charge is -2.03. The molecule has 0 unspecified atom stereocenters. The molecule has 72 valence electrons. The highest BCUT2D eigenvalue weighted by Crippen LogP contribution is 2.13. The van der Waals surface area contributed by atoms with Gasteiger partial charge < -0.3 is 4.74 Å². The van der Waals surface area contributed by atoms with Crippen molar-refractivity contribution in [2.75, 3.05) is 5.94 Å². The van der Waals surface area contributed by atoms with Crippen LogP contribution in [-0.2, 0) is 9.37 Å². The number of ether oxygens (including phenoxy) is 1. The van der Waals surface area contributed by atoms with Gasteiger partial charge in [-0.3, -0.25) is 0 Å². The molecule has 0 heterocycles. The third-order valence-electron chi connectivity index (χ3n) is 1.37. The van der Waals surface area contributed by atoms with Crippen LogP contribution in [0.15, 0.2) is 24.3 Å². The van der Waals surface area contributed by atoms with Gasteiger partial charge in [0, 0.05) is 0 Å². The molecule has 0 saturated heterocycles. The summed E-state index contributed by atoms with van der Waals surface area (Å²) in [5.74, 6) is 1.00. The molecule has 0 fully saturated rings. The van der Waals surface area contributed by atoms with Crippen molar-refractivity contribution in [3.63, 3.8) is 0 Å². The zero-order valence-electron chi connectivity index (χ0n) is 7.10. The van der Waals surface area contributed by atoms with Crippen LogP contribution >= 0.6 is 12.0 Å². The molecule has 0 aliphatic heterocycles. The minimum Gasteiger partial charge on any atom is -0.481 e. The van der Waals surface area contributed by atoms with Crippen molar-refractivity contribution in [1.82, 2.24) is 0 Å². The predicted molar refractivity (Wildman–Crippen MR) is 49.1 cm³/mol. The maximum atomic E-state index is 7.80. The van der Waals surface area contributed by atoms with Crippen LogP contribution in [0.4, 0.5) is 0 Å². The first-order valence-electron chi connectivity index (χ1n) is 3.62. The van der Waals surface area contributed by atoms with Gasteiger partial charge in [-0.2, -0.15) is 0 Å². The second kappa shape index (κ2) is 5.82. The summed E-state index contributed by atoms with van der Waals surface area (Å²) in [6.07, 6.45) is 0. The smallest absolute Gasteiger partial charge is 0.162 e. The second-order valence-corrected chi connectivity index (χ2v) is 2.94. The average Bonchev–Trinajstić information content (AvgIpc) is 2.15. The van der Waals surface area contributed by atoms with Crippen molar-refractivity contribution in [2.45, 2.75) is 6.92 Å². The molecule has 1 aromatic rings. The van der Waals surface area contributed by atoms with E-state index in [0.717, 1.165) is 17.8 Å². The summed E-state index contributed by atoms with van der Waals surface area (Å²) in [6, 6.07) is 7.61. The van der Waals surface area contributed by atoms with Gasteiger partial charge in [-0.25, -0.2) is 5.26 Å². The van der Waals surface area contributed by atoms with E-state index in [1.165, 1.54) is 5.56 Å². The Balaban J connectivity index is 2.25. The molecule has 0 atom stereocenters. The van der Waals surface area contributed by atoms with Crippen molar-refractivity contribution in [3.05, 3.63) is 29.8 Å². The van der Waals surface area contributed by atoms with Crippen LogP contribution in [0.5, 0.6) is 5.75 Å². The summed E-state index contributed by atoms with van der Waals surface area (Å²) in [6.45, 7) is 2.00. The van der Waals surface area contributed by atoms with Gasteiger partial charge in [-0.1, -0.05) is 22.7 Å². The summed E-state index contributed by atoms with van der Waals surface area (Å²) in [5, 5.41) is 11.2. The molecule has 0 bridgehead atoms. The summed E-state index contributed by atoms with van der Waals surface area (Å²) in [4.78, 5) is 0. The van der Waals surface area contributed by atoms with Gasteiger partial charge in [0.1, 0.15) is 5.75 Å². The van der Waals surface area contributed by atoms with Crippen molar-refractivity contribution < 1.29 is 19.4 Å². The van der Waals surface area contributed by atoms with Crippen LogP contribution < -0.4 is 4.74 Å². The summed E-state index contributed by atoms with van der Waals surface area (Å²) >= 11 is 0.858. The Morgan fingerprint density at radius 1 is 1.31 bits per heavy atom. The highest BCUT2D eigenvalue weighted by Gasteiger charge is 1.93. The summed E-state index contributed by atoms with van der Waals surface area (Å²) in [5.41, 5.74) is 1.18. The molecule has 13 heavy (non-hydrogen) atoms. The average molecular weight is 202 g/mol. The van der Waals surface area contributed by atoms with Gasteiger partial charge in [-0.05, 0) is 19.1 Å². The van der Waals surface area contributed by atoms with Gasteiger partial charge in [-0.15, -0.1) is 4.33 Å². The molecular formula is C8H10O4S.